The maximum absolute atomic E-state index is 12.6. The van der Waals surface area contributed by atoms with E-state index in [-0.39, 0.29) is 24.0 Å². The molecule has 7 nitrogen and oxygen atoms in total. The van der Waals surface area contributed by atoms with Crippen molar-refractivity contribution in [3.05, 3.63) is 94.1 Å². The molecule has 1 aliphatic heterocycles. The van der Waals surface area contributed by atoms with Crippen LogP contribution in [0.1, 0.15) is 65.0 Å². The van der Waals surface area contributed by atoms with E-state index in [2.05, 4.69) is 39.8 Å². The number of hydrogen-bond donors (Lipinski definition) is 4. The molecule has 0 bridgehead atoms. The average molecular weight is 565 g/mol. The molecule has 7 heteroatoms. The Morgan fingerprint density at radius 1 is 0.976 bits per heavy atom. The molecule has 1 aromatic rings. The van der Waals surface area contributed by atoms with Crippen LogP contribution in [0.4, 0.5) is 0 Å². The Morgan fingerprint density at radius 2 is 1.63 bits per heavy atom. The number of aliphatic hydroxyl groups is 3. The highest BCUT2D eigenvalue weighted by molar-refractivity contribution is 5.92. The summed E-state index contributed by atoms with van der Waals surface area (Å²) in [7, 11) is 0. The topological polar surface area (TPSA) is 124 Å². The average Bonchev–Trinajstić information content (AvgIpc) is 2.89. The Morgan fingerprint density at radius 3 is 2.27 bits per heavy atom. The molecule has 0 aromatic heterocycles. The summed E-state index contributed by atoms with van der Waals surface area (Å²) in [5.74, 6) is -1.44. The van der Waals surface area contributed by atoms with Gasteiger partial charge >= 0.3 is 5.97 Å². The first-order chi connectivity index (χ1) is 19.3. The van der Waals surface area contributed by atoms with Crippen LogP contribution in [-0.4, -0.2) is 62.7 Å². The quantitative estimate of drug-likeness (QED) is 0.238. The van der Waals surface area contributed by atoms with Crippen molar-refractivity contribution >= 4 is 11.8 Å². The molecule has 5 atom stereocenters. The normalized spacial score (nSPS) is 27.6. The second-order valence-electron chi connectivity index (χ2n) is 12.0. The Labute approximate surface area is 243 Å². The van der Waals surface area contributed by atoms with Crippen LogP contribution in [0, 0.1) is 5.41 Å². The molecule has 1 aromatic carbocycles. The molecule has 0 saturated carbocycles. The van der Waals surface area contributed by atoms with Crippen molar-refractivity contribution in [1.29, 1.82) is 0 Å². The number of carbonyl (C=O) groups excluding carboxylic acids is 1. The summed E-state index contributed by atoms with van der Waals surface area (Å²) in [6, 6.07) is 7.14. The van der Waals surface area contributed by atoms with Gasteiger partial charge in [0.15, 0.2) is 11.9 Å². The van der Waals surface area contributed by atoms with Gasteiger partial charge in [0, 0.05) is 12.8 Å². The van der Waals surface area contributed by atoms with E-state index in [0.717, 1.165) is 22.3 Å². The molecule has 4 N–H and O–H groups in total. The van der Waals surface area contributed by atoms with Gasteiger partial charge in [0.2, 0.25) is 0 Å². The Kier molecular flexibility index (Phi) is 11.2. The zero-order chi connectivity index (χ0) is 30.3. The predicted molar refractivity (Wildman–Crippen MR) is 159 cm³/mol. The lowest BCUT2D eigenvalue weighted by Gasteiger charge is -2.39. The lowest BCUT2D eigenvalue weighted by Crippen LogP contribution is -2.60. The minimum absolute atomic E-state index is 0.0325. The lowest BCUT2D eigenvalue weighted by molar-refractivity contribution is -0.227. The van der Waals surface area contributed by atoms with E-state index >= 15 is 0 Å². The molecule has 1 aliphatic carbocycles. The Hall–Kier alpha value is -3.10. The largest absolute Gasteiger partial charge is 0.479 e. The third kappa shape index (κ3) is 8.94. The third-order valence-corrected chi connectivity index (χ3v) is 7.96. The molecule has 222 valence electrons. The summed E-state index contributed by atoms with van der Waals surface area (Å²) >= 11 is 0. The van der Waals surface area contributed by atoms with Gasteiger partial charge in [-0.05, 0) is 73.8 Å². The zero-order valence-electron chi connectivity index (χ0n) is 24.7. The van der Waals surface area contributed by atoms with Crippen LogP contribution >= 0.6 is 0 Å². The van der Waals surface area contributed by atoms with Gasteiger partial charge in [-0.3, -0.25) is 4.79 Å². The van der Waals surface area contributed by atoms with Gasteiger partial charge in [-0.2, -0.15) is 0 Å². The van der Waals surface area contributed by atoms with Gasteiger partial charge in [0.1, 0.15) is 18.3 Å². The standard InChI is InChI=1S/C34H44O7/c1-21(11-16-27-23(3)10-7-17-34(27,4)5)8-6-9-22(2)18-26(35)19-24-12-14-25(15-13-24)20-28-29(36)30(37)31(38)32(41-28)33(39)40/h6,8-9,11-16,18,28-32,36-38H,7,10,17,19-20H2,1-5H3,(H,39,40)/b9-6+,16-11+,21-8+,22-18+/t28-,29?,30+,31-,32?/m0/s1. The fourth-order valence-corrected chi connectivity index (χ4v) is 5.54. The van der Waals surface area contributed by atoms with Crippen LogP contribution in [0.2, 0.25) is 0 Å². The van der Waals surface area contributed by atoms with E-state index in [1.165, 1.54) is 30.4 Å². The smallest absolute Gasteiger partial charge is 0.335 e. The van der Waals surface area contributed by atoms with E-state index in [4.69, 9.17) is 4.74 Å². The second kappa shape index (κ2) is 14.2. The molecular weight excluding hydrogens is 520 g/mol. The van der Waals surface area contributed by atoms with Gasteiger partial charge < -0.3 is 25.2 Å². The van der Waals surface area contributed by atoms with Crippen LogP contribution in [0.15, 0.2) is 83.0 Å². The van der Waals surface area contributed by atoms with Crippen LogP contribution < -0.4 is 0 Å². The van der Waals surface area contributed by atoms with E-state index in [1.807, 2.05) is 25.2 Å². The maximum atomic E-state index is 12.6. The van der Waals surface area contributed by atoms with E-state index in [0.29, 0.717) is 0 Å². The maximum Gasteiger partial charge on any atom is 0.335 e. The van der Waals surface area contributed by atoms with Gasteiger partial charge in [0.05, 0.1) is 6.10 Å². The number of aliphatic hydroxyl groups excluding tert-OH is 3. The summed E-state index contributed by atoms with van der Waals surface area (Å²) in [4.78, 5) is 23.9. The number of carboxylic acids is 1. The van der Waals surface area contributed by atoms with Crippen LogP contribution in [0.5, 0.6) is 0 Å². The van der Waals surface area contributed by atoms with Crippen molar-refractivity contribution < 1.29 is 34.8 Å². The minimum Gasteiger partial charge on any atom is -0.479 e. The van der Waals surface area contributed by atoms with Crippen LogP contribution in [0.3, 0.4) is 0 Å². The fourth-order valence-electron chi connectivity index (χ4n) is 5.54. The number of allylic oxidation sites excluding steroid dienone is 10. The summed E-state index contributed by atoms with van der Waals surface area (Å²) in [6.45, 7) is 10.8. The second-order valence-corrected chi connectivity index (χ2v) is 12.0. The van der Waals surface area contributed by atoms with E-state index < -0.39 is 36.5 Å². The van der Waals surface area contributed by atoms with Crippen LogP contribution in [-0.2, 0) is 27.2 Å². The van der Waals surface area contributed by atoms with Crippen molar-refractivity contribution in [1.82, 2.24) is 0 Å². The Bertz CT molecular complexity index is 1250. The third-order valence-electron chi connectivity index (χ3n) is 7.96. The van der Waals surface area contributed by atoms with Gasteiger partial charge in [0.25, 0.3) is 0 Å². The number of hydrogen-bond acceptors (Lipinski definition) is 6. The van der Waals surface area contributed by atoms with Crippen molar-refractivity contribution in [3.8, 4) is 0 Å². The molecule has 1 saturated heterocycles. The van der Waals surface area contributed by atoms with Crippen molar-refractivity contribution in [2.45, 2.75) is 97.2 Å². The molecule has 1 heterocycles. The summed E-state index contributed by atoms with van der Waals surface area (Å²) in [5.41, 5.74) is 6.65. The van der Waals surface area contributed by atoms with Gasteiger partial charge in [-0.1, -0.05) is 79.6 Å². The lowest BCUT2D eigenvalue weighted by atomic mass is 9.72. The number of ether oxygens (including phenoxy) is 1. The first-order valence-corrected chi connectivity index (χ1v) is 14.2. The minimum atomic E-state index is -1.71. The van der Waals surface area contributed by atoms with Gasteiger partial charge in [-0.15, -0.1) is 0 Å². The first kappa shape index (κ1) is 32.4. The molecular formula is C34H44O7. The zero-order valence-corrected chi connectivity index (χ0v) is 24.7. The monoisotopic (exact) mass is 564 g/mol. The number of aliphatic carboxylic acids is 1. The number of benzene rings is 1. The van der Waals surface area contributed by atoms with Crippen molar-refractivity contribution in [2.24, 2.45) is 5.41 Å². The molecule has 2 unspecified atom stereocenters. The summed E-state index contributed by atoms with van der Waals surface area (Å²) < 4.78 is 5.35. The molecule has 0 amide bonds. The number of rotatable bonds is 10. The van der Waals surface area contributed by atoms with Crippen molar-refractivity contribution in [3.63, 3.8) is 0 Å². The highest BCUT2D eigenvalue weighted by atomic mass is 16.6. The van der Waals surface area contributed by atoms with Crippen LogP contribution in [0.25, 0.3) is 0 Å². The Balaban J connectivity index is 1.54. The van der Waals surface area contributed by atoms with E-state index in [1.54, 1.807) is 30.3 Å². The summed E-state index contributed by atoms with van der Waals surface area (Å²) in [6.07, 6.45) is 8.54. The first-order valence-electron chi connectivity index (χ1n) is 14.2. The highest BCUT2D eigenvalue weighted by Gasteiger charge is 2.46. The SMILES string of the molecule is CC1=C(/C=C/C(C)=C/C=C/C(C)=C/C(=O)Cc2ccc(C[C@@H]3OC(C(=O)O)[C@@H](O)[C@H](O)C3O)cc2)C(C)(C)CCC1. The molecule has 1 fully saturated rings. The molecule has 2 aliphatic rings. The van der Waals surface area contributed by atoms with Gasteiger partial charge in [-0.25, -0.2) is 4.79 Å². The number of carboxylic acid groups (broad SMARTS) is 1. The highest BCUT2D eigenvalue weighted by Crippen LogP contribution is 2.40. The number of carbonyl (C=O) groups is 2. The predicted octanol–water partition coefficient (Wildman–Crippen LogP) is 4.81. The fraction of sp³-hybridized carbons (Fsp3) is 0.471. The molecule has 3 rings (SSSR count). The van der Waals surface area contributed by atoms with E-state index in [9.17, 15) is 30.0 Å². The molecule has 41 heavy (non-hydrogen) atoms. The van der Waals surface area contributed by atoms with Crippen molar-refractivity contribution in [2.75, 3.05) is 0 Å². The molecule has 0 radical (unpaired) electrons. The summed E-state index contributed by atoms with van der Waals surface area (Å²) in [5, 5.41) is 39.3. The number of ketones is 1. The molecule has 0 spiro atoms.